The normalized spacial score (nSPS) is 14.5. The Balaban J connectivity index is 4.51. The lowest BCUT2D eigenvalue weighted by molar-refractivity contribution is -0.161. The van der Waals surface area contributed by atoms with Gasteiger partial charge in [0, 0.05) is 19.3 Å². The molecule has 0 aliphatic heterocycles. The summed E-state index contributed by atoms with van der Waals surface area (Å²) in [6.45, 7) is 2.56. The number of rotatable bonds is 82. The molecule has 5 atom stereocenters. The van der Waals surface area contributed by atoms with Gasteiger partial charge in [-0.2, -0.15) is 0 Å². The van der Waals surface area contributed by atoms with Crippen LogP contribution >= 0.6 is 15.6 Å². The third kappa shape index (κ3) is 84.4. The average Bonchev–Trinajstić information content (AvgIpc) is 0.940. The minimum atomic E-state index is -4.94. The van der Waals surface area contributed by atoms with E-state index in [-0.39, 0.29) is 19.3 Å². The zero-order chi connectivity index (χ0) is 79.4. The minimum absolute atomic E-state index is 0.0937. The number of phosphoric ester groups is 2. The summed E-state index contributed by atoms with van der Waals surface area (Å²) < 4.78 is 61.3. The van der Waals surface area contributed by atoms with Crippen LogP contribution in [0.15, 0.2) is 134 Å². The fraction of sp³-hybridized carbons (Fsp3) is 0.725. The maximum Gasteiger partial charge on any atom is 0.472 e. The van der Waals surface area contributed by atoms with Crippen molar-refractivity contribution in [1.82, 2.24) is 0 Å². The molecule has 0 radical (unpaired) electrons. The van der Waals surface area contributed by atoms with Gasteiger partial charge in [-0.3, -0.25) is 32.5 Å². The molecule has 0 bridgehead atoms. The first-order valence-corrected chi connectivity index (χ1v) is 46.5. The van der Waals surface area contributed by atoms with Gasteiger partial charge in [0.2, 0.25) is 0 Å². The van der Waals surface area contributed by atoms with Crippen molar-refractivity contribution in [3.63, 3.8) is 0 Å². The monoisotopic (exact) mass is 1570 g/mol. The Morgan fingerprint density at radius 1 is 0.266 bits per heavy atom. The van der Waals surface area contributed by atoms with Crippen molar-refractivity contribution in [2.45, 2.75) is 386 Å². The van der Waals surface area contributed by atoms with E-state index in [2.05, 4.69) is 154 Å². The molecular formula is C91H158O16P2. The third-order valence-electron chi connectivity index (χ3n) is 18.3. The molecule has 0 saturated heterocycles. The third-order valence-corrected chi connectivity index (χ3v) is 20.2. The average molecular weight is 1570 g/mol. The van der Waals surface area contributed by atoms with Gasteiger partial charge in [0.05, 0.1) is 26.4 Å². The Morgan fingerprint density at radius 2 is 0.486 bits per heavy atom. The number of aliphatic hydroxyl groups is 2. The standard InChI is InChI=1S/C91H158O16P2/c1-4-7-10-13-16-19-22-25-28-30-32-34-36-38-40-41-42-43-45-47-48-50-52-54-57-59-62-65-68-71-74-77-89(94)101-80-86(92)81-103-108(97,98)104-82-87(93)83-105-109(99,100)106-85-88(107-91(96)79-76-73-70-67-64-61-56-27-24-21-18-15-12-9-6-3)84-102-90(95)78-75-72-69-66-63-60-58-55-53-51-49-46-44-39-37-35-33-31-29-26-23-20-17-14-11-8-5-2/h7,10,16-17,19-20,25-29,32-35,38-40,42-44,56,86-88,92-93H,4-6,8-9,11-15,18,21-24,30-31,36-37,41,45-55,57-85H2,1-3H3,(H,97,98)(H,99,100)/b10-7-,19-16-,20-17-,28-25-,29-26-,34-32-,35-33-,40-38-,43-42-,44-39-,56-27-. The zero-order valence-corrected chi connectivity index (χ0v) is 70.7. The summed E-state index contributed by atoms with van der Waals surface area (Å²) in [5.74, 6) is -1.58. The van der Waals surface area contributed by atoms with Gasteiger partial charge >= 0.3 is 33.6 Å². The number of aliphatic hydroxyl groups excluding tert-OH is 2. The van der Waals surface area contributed by atoms with E-state index in [1.54, 1.807) is 0 Å². The van der Waals surface area contributed by atoms with Crippen LogP contribution in [0.3, 0.4) is 0 Å². The topological polar surface area (TPSA) is 231 Å². The van der Waals surface area contributed by atoms with Gasteiger partial charge < -0.3 is 34.2 Å². The number of esters is 3. The van der Waals surface area contributed by atoms with Crippen molar-refractivity contribution < 1.29 is 75.8 Å². The quantitative estimate of drug-likeness (QED) is 0.0146. The predicted octanol–water partition coefficient (Wildman–Crippen LogP) is 26.2. The smallest absolute Gasteiger partial charge is 0.463 e. The maximum absolute atomic E-state index is 13.0. The van der Waals surface area contributed by atoms with Gasteiger partial charge in [-0.25, -0.2) is 9.13 Å². The lowest BCUT2D eigenvalue weighted by Crippen LogP contribution is -2.30. The molecule has 16 nitrogen and oxygen atoms in total. The summed E-state index contributed by atoms with van der Waals surface area (Å²) in [5, 5.41) is 20.7. The van der Waals surface area contributed by atoms with Gasteiger partial charge in [0.1, 0.15) is 25.4 Å². The highest BCUT2D eigenvalue weighted by atomic mass is 31.2. The molecule has 0 rings (SSSR count). The molecule has 0 fully saturated rings. The van der Waals surface area contributed by atoms with Crippen LogP contribution in [0.1, 0.15) is 367 Å². The minimum Gasteiger partial charge on any atom is -0.463 e. The van der Waals surface area contributed by atoms with Crippen LogP contribution in [0.25, 0.3) is 0 Å². The van der Waals surface area contributed by atoms with E-state index >= 15 is 0 Å². The lowest BCUT2D eigenvalue weighted by Gasteiger charge is -2.21. The second-order valence-electron chi connectivity index (χ2n) is 29.0. The van der Waals surface area contributed by atoms with Crippen LogP contribution in [0, 0.1) is 0 Å². The molecule has 109 heavy (non-hydrogen) atoms. The second kappa shape index (κ2) is 83.1. The number of hydrogen-bond acceptors (Lipinski definition) is 14. The van der Waals surface area contributed by atoms with Crippen molar-refractivity contribution in [2.75, 3.05) is 39.6 Å². The Kier molecular flexibility index (Phi) is 79.8. The van der Waals surface area contributed by atoms with Crippen LogP contribution < -0.4 is 0 Å². The van der Waals surface area contributed by atoms with Gasteiger partial charge in [0.25, 0.3) is 0 Å². The van der Waals surface area contributed by atoms with Gasteiger partial charge in [-0.05, 0) is 141 Å². The zero-order valence-electron chi connectivity index (χ0n) is 68.9. The highest BCUT2D eigenvalue weighted by Gasteiger charge is 2.29. The van der Waals surface area contributed by atoms with Crippen LogP contribution in [-0.4, -0.2) is 95.9 Å². The lowest BCUT2D eigenvalue weighted by atomic mass is 10.0. The summed E-state index contributed by atoms with van der Waals surface area (Å²) in [7, 11) is -9.80. The Labute approximate surface area is 665 Å². The number of hydrogen-bond donors (Lipinski definition) is 4. The summed E-state index contributed by atoms with van der Waals surface area (Å²) in [6, 6.07) is 0. The molecule has 628 valence electrons. The fourth-order valence-corrected chi connectivity index (χ4v) is 13.3. The van der Waals surface area contributed by atoms with Crippen molar-refractivity contribution in [3.8, 4) is 0 Å². The van der Waals surface area contributed by atoms with Crippen LogP contribution in [0.2, 0.25) is 0 Å². The van der Waals surface area contributed by atoms with Crippen molar-refractivity contribution in [3.05, 3.63) is 134 Å². The second-order valence-corrected chi connectivity index (χ2v) is 31.9. The molecule has 0 aromatic rings. The van der Waals surface area contributed by atoms with E-state index in [1.807, 2.05) is 0 Å². The molecule has 0 heterocycles. The Hall–Kier alpha value is -4.31. The largest absolute Gasteiger partial charge is 0.472 e. The maximum atomic E-state index is 13.0. The van der Waals surface area contributed by atoms with Crippen LogP contribution in [-0.2, 0) is 55.8 Å². The molecule has 0 amide bonds. The first-order chi connectivity index (χ1) is 53.2. The molecule has 0 aromatic carbocycles. The van der Waals surface area contributed by atoms with Gasteiger partial charge in [-0.1, -0.05) is 341 Å². The molecule has 18 heteroatoms. The number of allylic oxidation sites excluding steroid dienone is 22. The van der Waals surface area contributed by atoms with Gasteiger partial charge in [0.15, 0.2) is 6.10 Å². The number of ether oxygens (including phenoxy) is 3. The Bertz CT molecular complexity index is 2510. The molecule has 0 saturated carbocycles. The molecular weight excluding hydrogens is 1410 g/mol. The molecule has 0 aliphatic rings. The molecule has 5 unspecified atom stereocenters. The Morgan fingerprint density at radius 3 is 0.798 bits per heavy atom. The van der Waals surface area contributed by atoms with E-state index in [0.717, 1.165) is 154 Å². The highest BCUT2D eigenvalue weighted by Crippen LogP contribution is 2.45. The summed E-state index contributed by atoms with van der Waals surface area (Å²) in [5.41, 5.74) is 0. The molecule has 0 aromatic heterocycles. The van der Waals surface area contributed by atoms with E-state index in [0.29, 0.717) is 19.3 Å². The molecule has 0 spiro atoms. The summed E-state index contributed by atoms with van der Waals surface area (Å²) in [6.07, 6.45) is 102. The van der Waals surface area contributed by atoms with E-state index in [4.69, 9.17) is 32.3 Å². The van der Waals surface area contributed by atoms with Crippen molar-refractivity contribution in [2.24, 2.45) is 0 Å². The highest BCUT2D eigenvalue weighted by molar-refractivity contribution is 7.47. The number of carbonyl (C=O) groups excluding carboxylic acids is 3. The molecule has 4 N–H and O–H groups in total. The van der Waals surface area contributed by atoms with Crippen molar-refractivity contribution in [1.29, 1.82) is 0 Å². The van der Waals surface area contributed by atoms with Gasteiger partial charge in [-0.15, -0.1) is 0 Å². The first kappa shape index (κ1) is 105. The van der Waals surface area contributed by atoms with Crippen LogP contribution in [0.5, 0.6) is 0 Å². The number of unbranched alkanes of at least 4 members (excludes halogenated alkanes) is 37. The van der Waals surface area contributed by atoms with Crippen molar-refractivity contribution >= 4 is 33.6 Å². The van der Waals surface area contributed by atoms with E-state index in [1.165, 1.54) is 154 Å². The fourth-order valence-electron chi connectivity index (χ4n) is 11.7. The summed E-state index contributed by atoms with van der Waals surface area (Å²) in [4.78, 5) is 58.8. The van der Waals surface area contributed by atoms with E-state index in [9.17, 15) is 43.5 Å². The SMILES string of the molecule is CC/C=C\C/C=C\C/C=C\C/C=C\C/C=C\C/C=C\CCCCCCCCCCCCCCC(=O)OCC(O)COP(=O)(O)OCC(O)COP(=O)(O)OCC(COC(=O)CCCCCCCCCCCCC/C=C\C/C=C\C/C=C\C/C=C\CCCCC)OC(=O)CCCCCCC/C=C\CCCCCCCC. The summed E-state index contributed by atoms with van der Waals surface area (Å²) >= 11 is 0. The first-order valence-electron chi connectivity index (χ1n) is 43.5. The molecule has 0 aliphatic carbocycles. The van der Waals surface area contributed by atoms with Crippen LogP contribution in [0.4, 0.5) is 0 Å². The predicted molar refractivity (Wildman–Crippen MR) is 454 cm³/mol. The number of carbonyl (C=O) groups is 3. The van der Waals surface area contributed by atoms with E-state index < -0.39 is 91.5 Å². The number of phosphoric acid groups is 2.